The summed E-state index contributed by atoms with van der Waals surface area (Å²) >= 11 is 5.48. The largest absolute Gasteiger partial charge is 0.309 e. The fraction of sp³-hybridized carbons (Fsp3) is 0.714. The van der Waals surface area contributed by atoms with Gasteiger partial charge in [-0.2, -0.15) is 0 Å². The highest BCUT2D eigenvalue weighted by molar-refractivity contribution is 9.10. The van der Waals surface area contributed by atoms with Crippen LogP contribution in [0.5, 0.6) is 0 Å². The molecule has 0 bridgehead atoms. The number of aryl methyl sites for hydroxylation is 1. The van der Waals surface area contributed by atoms with Crippen molar-refractivity contribution in [1.82, 2.24) is 5.32 Å². The minimum Gasteiger partial charge on any atom is -0.309 e. The van der Waals surface area contributed by atoms with Crippen molar-refractivity contribution in [3.05, 3.63) is 20.3 Å². The van der Waals surface area contributed by atoms with Crippen molar-refractivity contribution in [1.29, 1.82) is 0 Å². The molecular formula is C14H22BrNS. The molecule has 2 atom stereocenters. The maximum Gasteiger partial charge on any atom is 0.0314 e. The molecule has 2 rings (SSSR count). The van der Waals surface area contributed by atoms with E-state index >= 15 is 0 Å². The van der Waals surface area contributed by atoms with Gasteiger partial charge < -0.3 is 5.32 Å². The molecule has 1 aromatic heterocycles. The van der Waals surface area contributed by atoms with Crippen LogP contribution in [0.3, 0.4) is 0 Å². The monoisotopic (exact) mass is 315 g/mol. The first-order chi connectivity index (χ1) is 8.15. The van der Waals surface area contributed by atoms with E-state index in [1.807, 2.05) is 11.3 Å². The van der Waals surface area contributed by atoms with Gasteiger partial charge in [-0.15, -0.1) is 11.3 Å². The second kappa shape index (κ2) is 6.35. The van der Waals surface area contributed by atoms with Gasteiger partial charge in [0.2, 0.25) is 0 Å². The first-order valence-electron chi connectivity index (χ1n) is 6.63. The van der Waals surface area contributed by atoms with Crippen LogP contribution in [0.25, 0.3) is 0 Å². The first-order valence-corrected chi connectivity index (χ1v) is 8.24. The van der Waals surface area contributed by atoms with Crippen molar-refractivity contribution in [3.8, 4) is 0 Å². The minimum absolute atomic E-state index is 0.737. The molecular weight excluding hydrogens is 294 g/mol. The van der Waals surface area contributed by atoms with E-state index in [-0.39, 0.29) is 0 Å². The Morgan fingerprint density at radius 1 is 1.35 bits per heavy atom. The summed E-state index contributed by atoms with van der Waals surface area (Å²) in [6.07, 6.45) is 6.92. The Kier molecular flexibility index (Phi) is 5.07. The van der Waals surface area contributed by atoms with Crippen LogP contribution >= 0.6 is 27.3 Å². The second-order valence-electron chi connectivity index (χ2n) is 5.31. The zero-order valence-electron chi connectivity index (χ0n) is 10.8. The normalized spacial score (nSPS) is 25.8. The molecule has 1 N–H and O–H groups in total. The number of rotatable bonds is 3. The fourth-order valence-electron chi connectivity index (χ4n) is 2.54. The summed E-state index contributed by atoms with van der Waals surface area (Å²) in [5, 5.41) is 3.73. The van der Waals surface area contributed by atoms with E-state index in [1.165, 1.54) is 46.3 Å². The summed E-state index contributed by atoms with van der Waals surface area (Å²) in [4.78, 5) is 2.84. The van der Waals surface area contributed by atoms with Gasteiger partial charge in [-0.1, -0.05) is 19.8 Å². The molecule has 0 radical (unpaired) electrons. The molecule has 1 aliphatic rings. The summed E-state index contributed by atoms with van der Waals surface area (Å²) in [7, 11) is 0. The zero-order chi connectivity index (χ0) is 12.3. The summed E-state index contributed by atoms with van der Waals surface area (Å²) in [6.45, 7) is 5.60. The van der Waals surface area contributed by atoms with Crippen molar-refractivity contribution in [3.63, 3.8) is 0 Å². The number of hydrogen-bond donors (Lipinski definition) is 1. The van der Waals surface area contributed by atoms with Gasteiger partial charge in [0.25, 0.3) is 0 Å². The molecule has 17 heavy (non-hydrogen) atoms. The molecule has 1 fully saturated rings. The van der Waals surface area contributed by atoms with Gasteiger partial charge in [-0.3, -0.25) is 0 Å². The summed E-state index contributed by atoms with van der Waals surface area (Å²) in [5.74, 6) is 0.930. The van der Waals surface area contributed by atoms with Crippen molar-refractivity contribution in [2.75, 3.05) is 0 Å². The maximum absolute atomic E-state index is 3.73. The van der Waals surface area contributed by atoms with Gasteiger partial charge in [0.15, 0.2) is 0 Å². The van der Waals surface area contributed by atoms with Gasteiger partial charge >= 0.3 is 0 Å². The first kappa shape index (κ1) is 13.6. The van der Waals surface area contributed by atoms with E-state index in [0.717, 1.165) is 18.5 Å². The molecule has 1 aliphatic carbocycles. The Balaban J connectivity index is 1.81. The predicted molar refractivity (Wildman–Crippen MR) is 79.6 cm³/mol. The Hall–Kier alpha value is 0.140. The zero-order valence-corrected chi connectivity index (χ0v) is 13.2. The van der Waals surface area contributed by atoms with Gasteiger partial charge in [0, 0.05) is 26.8 Å². The van der Waals surface area contributed by atoms with Crippen molar-refractivity contribution >= 4 is 27.3 Å². The van der Waals surface area contributed by atoms with Gasteiger partial charge in [-0.05, 0) is 54.1 Å². The third-order valence-electron chi connectivity index (χ3n) is 3.73. The molecule has 1 aromatic rings. The average molecular weight is 316 g/mol. The second-order valence-corrected chi connectivity index (χ2v) is 7.50. The van der Waals surface area contributed by atoms with Crippen LogP contribution in [0.2, 0.25) is 0 Å². The van der Waals surface area contributed by atoms with Crippen LogP contribution in [0.4, 0.5) is 0 Å². The van der Waals surface area contributed by atoms with Crippen molar-refractivity contribution in [2.45, 2.75) is 58.5 Å². The standard InChI is InChI=1S/C14H22BrNS/c1-10-4-3-5-12(7-6-10)16-9-13-8-14(15)11(2)17-13/h8,10,12,16H,3-7,9H2,1-2H3. The van der Waals surface area contributed by atoms with Gasteiger partial charge in [-0.25, -0.2) is 0 Å². The van der Waals surface area contributed by atoms with E-state index in [4.69, 9.17) is 0 Å². The number of thiophene rings is 1. The minimum atomic E-state index is 0.737. The molecule has 0 saturated heterocycles. The van der Waals surface area contributed by atoms with E-state index < -0.39 is 0 Å². The van der Waals surface area contributed by atoms with E-state index in [2.05, 4.69) is 41.2 Å². The Bertz CT molecular complexity index is 342. The lowest BCUT2D eigenvalue weighted by Crippen LogP contribution is -2.27. The predicted octanol–water partition coefficient (Wildman–Crippen LogP) is 4.88. The quantitative estimate of drug-likeness (QED) is 0.784. The Morgan fingerprint density at radius 3 is 2.88 bits per heavy atom. The highest BCUT2D eigenvalue weighted by atomic mass is 79.9. The third kappa shape index (κ3) is 4.08. The SMILES string of the molecule is Cc1sc(CNC2CCCC(C)CC2)cc1Br. The number of hydrogen-bond acceptors (Lipinski definition) is 2. The van der Waals surface area contributed by atoms with Gasteiger partial charge in [0.05, 0.1) is 0 Å². The lowest BCUT2D eigenvalue weighted by Gasteiger charge is -2.15. The molecule has 0 spiro atoms. The molecule has 1 nitrogen and oxygen atoms in total. The molecule has 3 heteroatoms. The maximum atomic E-state index is 3.73. The van der Waals surface area contributed by atoms with Crippen LogP contribution in [0, 0.1) is 12.8 Å². The molecule has 0 aromatic carbocycles. The number of halogens is 1. The van der Waals surface area contributed by atoms with Crippen LogP contribution in [0.15, 0.2) is 10.5 Å². The average Bonchev–Trinajstić information content (AvgIpc) is 2.50. The Labute approximate surface area is 117 Å². The van der Waals surface area contributed by atoms with E-state index in [0.29, 0.717) is 0 Å². The van der Waals surface area contributed by atoms with Crippen molar-refractivity contribution in [2.24, 2.45) is 5.92 Å². The topological polar surface area (TPSA) is 12.0 Å². The molecule has 1 heterocycles. The van der Waals surface area contributed by atoms with Gasteiger partial charge in [0.1, 0.15) is 0 Å². The summed E-state index contributed by atoms with van der Waals surface area (Å²) in [6, 6.07) is 2.99. The lowest BCUT2D eigenvalue weighted by molar-refractivity contribution is 0.449. The molecule has 0 amide bonds. The van der Waals surface area contributed by atoms with Crippen LogP contribution in [0.1, 0.15) is 48.8 Å². The van der Waals surface area contributed by atoms with Crippen LogP contribution in [-0.4, -0.2) is 6.04 Å². The smallest absolute Gasteiger partial charge is 0.0314 e. The summed E-state index contributed by atoms with van der Waals surface area (Å²) in [5.41, 5.74) is 0. The third-order valence-corrected chi connectivity index (χ3v) is 5.87. The highest BCUT2D eigenvalue weighted by Gasteiger charge is 2.15. The Morgan fingerprint density at radius 2 is 2.18 bits per heavy atom. The molecule has 1 saturated carbocycles. The highest BCUT2D eigenvalue weighted by Crippen LogP contribution is 2.27. The van der Waals surface area contributed by atoms with E-state index in [9.17, 15) is 0 Å². The van der Waals surface area contributed by atoms with Crippen molar-refractivity contribution < 1.29 is 0 Å². The fourth-order valence-corrected chi connectivity index (χ4v) is 4.09. The van der Waals surface area contributed by atoms with E-state index in [1.54, 1.807) is 0 Å². The summed E-state index contributed by atoms with van der Waals surface area (Å²) < 4.78 is 1.26. The number of nitrogens with one attached hydrogen (secondary N) is 1. The molecule has 96 valence electrons. The van der Waals surface area contributed by atoms with Crippen LogP contribution in [-0.2, 0) is 6.54 Å². The molecule has 0 aliphatic heterocycles. The lowest BCUT2D eigenvalue weighted by atomic mass is 10.0. The van der Waals surface area contributed by atoms with Crippen LogP contribution < -0.4 is 5.32 Å². The molecule has 2 unspecified atom stereocenters.